The Bertz CT molecular complexity index is 919. The van der Waals surface area contributed by atoms with Gasteiger partial charge in [-0.2, -0.15) is 0 Å². The molecule has 5 nitrogen and oxygen atoms in total. The fourth-order valence-corrected chi connectivity index (χ4v) is 2.64. The molecule has 1 amide bonds. The Morgan fingerprint density at radius 3 is 2.81 bits per heavy atom. The molecule has 0 aliphatic heterocycles. The zero-order valence-electron chi connectivity index (χ0n) is 14.7. The van der Waals surface area contributed by atoms with Crippen molar-refractivity contribution >= 4 is 16.9 Å². The summed E-state index contributed by atoms with van der Waals surface area (Å²) in [6.07, 6.45) is 0.549. The number of hydrogen-bond acceptors (Lipinski definition) is 4. The lowest BCUT2D eigenvalue weighted by atomic mass is 10.1. The summed E-state index contributed by atoms with van der Waals surface area (Å²) in [5.74, 6) is 0.510. The van der Waals surface area contributed by atoms with Gasteiger partial charge < -0.3 is 19.2 Å². The molecule has 136 valence electrons. The van der Waals surface area contributed by atoms with Gasteiger partial charge in [-0.15, -0.1) is 0 Å². The van der Waals surface area contributed by atoms with Crippen LogP contribution in [0.4, 0.5) is 4.39 Å². The number of carbonyl (C=O) groups excluding carboxylic acids is 1. The topological polar surface area (TPSA) is 60.7 Å². The molecule has 1 aromatic heterocycles. The molecular weight excluding hydrogens is 337 g/mol. The zero-order valence-corrected chi connectivity index (χ0v) is 14.7. The second kappa shape index (κ2) is 7.91. The smallest absolute Gasteiger partial charge is 0.287 e. The Balaban J connectivity index is 1.54. The Morgan fingerprint density at radius 2 is 2.04 bits per heavy atom. The van der Waals surface area contributed by atoms with Crippen molar-refractivity contribution in [3.8, 4) is 11.5 Å². The number of para-hydroxylation sites is 1. The molecule has 0 saturated carbocycles. The van der Waals surface area contributed by atoms with Gasteiger partial charge in [0.2, 0.25) is 0 Å². The van der Waals surface area contributed by atoms with Crippen LogP contribution < -0.4 is 14.8 Å². The van der Waals surface area contributed by atoms with Crippen LogP contribution in [0.25, 0.3) is 11.0 Å². The average molecular weight is 357 g/mol. The first-order valence-electron chi connectivity index (χ1n) is 8.33. The highest BCUT2D eigenvalue weighted by molar-refractivity contribution is 5.99. The number of carbonyl (C=O) groups is 1. The quantitative estimate of drug-likeness (QED) is 0.647. The predicted octanol–water partition coefficient (Wildman–Crippen LogP) is 4.09. The number of methoxy groups -OCH3 is 1. The van der Waals surface area contributed by atoms with Crippen molar-refractivity contribution in [2.24, 2.45) is 0 Å². The predicted molar refractivity (Wildman–Crippen MR) is 96.3 cm³/mol. The molecule has 0 fully saturated rings. The van der Waals surface area contributed by atoms with Gasteiger partial charge in [0.25, 0.3) is 5.91 Å². The lowest BCUT2D eigenvalue weighted by Crippen LogP contribution is -2.25. The van der Waals surface area contributed by atoms with E-state index in [4.69, 9.17) is 13.9 Å². The molecular formula is C20H20FNO4. The number of aryl methyl sites for hydroxylation is 1. The van der Waals surface area contributed by atoms with Crippen LogP contribution in [0.5, 0.6) is 11.5 Å². The van der Waals surface area contributed by atoms with Gasteiger partial charge in [-0.05, 0) is 43.7 Å². The molecule has 26 heavy (non-hydrogen) atoms. The third kappa shape index (κ3) is 3.79. The van der Waals surface area contributed by atoms with Crippen LogP contribution >= 0.6 is 0 Å². The largest absolute Gasteiger partial charge is 0.497 e. The maximum Gasteiger partial charge on any atom is 0.287 e. The first-order valence-corrected chi connectivity index (χ1v) is 8.33. The summed E-state index contributed by atoms with van der Waals surface area (Å²) >= 11 is 0. The highest BCUT2D eigenvalue weighted by Crippen LogP contribution is 2.28. The van der Waals surface area contributed by atoms with E-state index in [9.17, 15) is 9.18 Å². The third-order valence-electron chi connectivity index (χ3n) is 4.05. The first kappa shape index (κ1) is 17.8. The molecule has 1 heterocycles. The van der Waals surface area contributed by atoms with Crippen molar-refractivity contribution in [2.45, 2.75) is 13.3 Å². The Morgan fingerprint density at radius 1 is 1.23 bits per heavy atom. The van der Waals surface area contributed by atoms with Crippen molar-refractivity contribution in [1.29, 1.82) is 0 Å². The van der Waals surface area contributed by atoms with Crippen LogP contribution in [0.3, 0.4) is 0 Å². The van der Waals surface area contributed by atoms with E-state index in [2.05, 4.69) is 5.32 Å². The molecule has 2 aromatic carbocycles. The van der Waals surface area contributed by atoms with E-state index in [0.29, 0.717) is 30.9 Å². The maximum atomic E-state index is 13.4. The highest BCUT2D eigenvalue weighted by atomic mass is 19.1. The number of hydrogen-bond donors (Lipinski definition) is 1. The van der Waals surface area contributed by atoms with Crippen LogP contribution in [-0.4, -0.2) is 26.2 Å². The monoisotopic (exact) mass is 357 g/mol. The van der Waals surface area contributed by atoms with Gasteiger partial charge in [-0.25, -0.2) is 4.39 Å². The molecule has 0 saturated heterocycles. The molecule has 0 atom stereocenters. The Hall–Kier alpha value is -3.02. The van der Waals surface area contributed by atoms with Crippen LogP contribution in [-0.2, 0) is 0 Å². The van der Waals surface area contributed by atoms with E-state index in [1.165, 1.54) is 6.07 Å². The van der Waals surface area contributed by atoms with Gasteiger partial charge in [-0.3, -0.25) is 4.79 Å². The molecule has 0 bridgehead atoms. The number of rotatable bonds is 7. The zero-order chi connectivity index (χ0) is 18.5. The van der Waals surface area contributed by atoms with E-state index < -0.39 is 5.82 Å². The van der Waals surface area contributed by atoms with Crippen molar-refractivity contribution in [3.05, 3.63) is 59.6 Å². The number of halogens is 1. The summed E-state index contributed by atoms with van der Waals surface area (Å²) in [5, 5.41) is 3.64. The van der Waals surface area contributed by atoms with Crippen molar-refractivity contribution in [1.82, 2.24) is 5.32 Å². The number of fused-ring (bicyclic) bond motifs is 1. The summed E-state index contributed by atoms with van der Waals surface area (Å²) in [7, 11) is 1.59. The Labute approximate surface area is 150 Å². The van der Waals surface area contributed by atoms with Crippen molar-refractivity contribution < 1.29 is 23.1 Å². The molecule has 3 rings (SSSR count). The van der Waals surface area contributed by atoms with Crippen molar-refractivity contribution in [2.75, 3.05) is 20.3 Å². The van der Waals surface area contributed by atoms with E-state index in [1.54, 1.807) is 37.4 Å². The van der Waals surface area contributed by atoms with E-state index >= 15 is 0 Å². The SMILES string of the molecule is COc1ccc2oc(C(=O)NCCCOc3ccccc3F)c(C)c2c1. The van der Waals surface area contributed by atoms with Gasteiger partial charge in [0, 0.05) is 17.5 Å². The molecule has 0 aliphatic rings. The summed E-state index contributed by atoms with van der Waals surface area (Å²) in [6, 6.07) is 11.6. The third-order valence-corrected chi connectivity index (χ3v) is 4.05. The number of amides is 1. The maximum absolute atomic E-state index is 13.4. The lowest BCUT2D eigenvalue weighted by molar-refractivity contribution is 0.0925. The number of benzene rings is 2. The van der Waals surface area contributed by atoms with Gasteiger partial charge in [-0.1, -0.05) is 12.1 Å². The fraction of sp³-hybridized carbons (Fsp3) is 0.250. The minimum Gasteiger partial charge on any atom is -0.497 e. The summed E-state index contributed by atoms with van der Waals surface area (Å²) in [4.78, 5) is 12.3. The standard InChI is InChI=1S/C20H20FNO4/c1-13-15-12-14(24-2)8-9-17(15)26-19(13)20(23)22-10-5-11-25-18-7-4-3-6-16(18)21/h3-4,6-9,12H,5,10-11H2,1-2H3,(H,22,23). The lowest BCUT2D eigenvalue weighted by Gasteiger charge is -2.07. The normalized spacial score (nSPS) is 10.7. The van der Waals surface area contributed by atoms with Crippen LogP contribution in [0.2, 0.25) is 0 Å². The first-order chi connectivity index (χ1) is 12.6. The molecule has 0 unspecified atom stereocenters. The van der Waals surface area contributed by atoms with Crippen LogP contribution in [0, 0.1) is 12.7 Å². The second-order valence-corrected chi connectivity index (χ2v) is 5.81. The van der Waals surface area contributed by atoms with Gasteiger partial charge >= 0.3 is 0 Å². The summed E-state index contributed by atoms with van der Waals surface area (Å²) in [5.41, 5.74) is 1.40. The van der Waals surface area contributed by atoms with Gasteiger partial charge in [0.1, 0.15) is 11.3 Å². The van der Waals surface area contributed by atoms with E-state index in [-0.39, 0.29) is 17.4 Å². The van der Waals surface area contributed by atoms with E-state index in [0.717, 1.165) is 10.9 Å². The highest BCUT2D eigenvalue weighted by Gasteiger charge is 2.17. The molecule has 1 N–H and O–H groups in total. The average Bonchev–Trinajstić information content (AvgIpc) is 2.99. The van der Waals surface area contributed by atoms with E-state index in [1.807, 2.05) is 13.0 Å². The summed E-state index contributed by atoms with van der Waals surface area (Å²) < 4.78 is 29.6. The Kier molecular flexibility index (Phi) is 5.41. The summed E-state index contributed by atoms with van der Waals surface area (Å²) in [6.45, 7) is 2.53. The molecule has 3 aromatic rings. The molecule has 0 aliphatic carbocycles. The minimum atomic E-state index is -0.398. The van der Waals surface area contributed by atoms with Crippen molar-refractivity contribution in [3.63, 3.8) is 0 Å². The minimum absolute atomic E-state index is 0.209. The number of ether oxygens (including phenoxy) is 2. The molecule has 6 heteroatoms. The molecule has 0 radical (unpaired) electrons. The van der Waals surface area contributed by atoms with Gasteiger partial charge in [0.15, 0.2) is 17.3 Å². The number of nitrogens with one attached hydrogen (secondary N) is 1. The van der Waals surface area contributed by atoms with Gasteiger partial charge in [0.05, 0.1) is 13.7 Å². The number of furan rings is 1. The van der Waals surface area contributed by atoms with Crippen LogP contribution in [0.15, 0.2) is 46.9 Å². The van der Waals surface area contributed by atoms with Crippen LogP contribution in [0.1, 0.15) is 22.5 Å². The fourth-order valence-electron chi connectivity index (χ4n) is 2.64. The molecule has 0 spiro atoms. The second-order valence-electron chi connectivity index (χ2n) is 5.81.